The van der Waals surface area contributed by atoms with Gasteiger partial charge in [-0.3, -0.25) is 9.78 Å². The standard InChI is InChI=1S/C22H21FN2O3/c1-22(2,3)28-21(27)25-19(20(26)15-9-11-16(23)12-10-15)17-8-4-6-14-7-5-13-24-18(14)17/h4-13,19H,1-3H3,(H,25,27). The molecule has 1 amide bonds. The topological polar surface area (TPSA) is 68.3 Å². The number of hydrogen-bond acceptors (Lipinski definition) is 4. The first-order valence-electron chi connectivity index (χ1n) is 8.87. The highest BCUT2D eigenvalue weighted by Gasteiger charge is 2.28. The van der Waals surface area contributed by atoms with Gasteiger partial charge in [-0.2, -0.15) is 0 Å². The van der Waals surface area contributed by atoms with Crippen LogP contribution < -0.4 is 5.32 Å². The smallest absolute Gasteiger partial charge is 0.408 e. The first kappa shape index (κ1) is 19.5. The molecule has 0 fully saturated rings. The van der Waals surface area contributed by atoms with Crippen LogP contribution in [0.5, 0.6) is 0 Å². The Balaban J connectivity index is 2.04. The van der Waals surface area contributed by atoms with Crippen LogP contribution in [0.25, 0.3) is 10.9 Å². The molecule has 0 saturated carbocycles. The van der Waals surface area contributed by atoms with Crippen molar-refractivity contribution >= 4 is 22.8 Å². The molecule has 3 aromatic rings. The lowest BCUT2D eigenvalue weighted by molar-refractivity contribution is 0.0491. The molecule has 28 heavy (non-hydrogen) atoms. The minimum Gasteiger partial charge on any atom is -0.444 e. The lowest BCUT2D eigenvalue weighted by Gasteiger charge is -2.24. The number of amides is 1. The highest BCUT2D eigenvalue weighted by molar-refractivity contribution is 6.04. The van der Waals surface area contributed by atoms with E-state index in [9.17, 15) is 14.0 Å². The summed E-state index contributed by atoms with van der Waals surface area (Å²) in [5.41, 5.74) is 0.695. The second kappa shape index (κ2) is 7.76. The number of ketones is 1. The summed E-state index contributed by atoms with van der Waals surface area (Å²) < 4.78 is 18.6. The van der Waals surface area contributed by atoms with Crippen LogP contribution in [0.3, 0.4) is 0 Å². The quantitative estimate of drug-likeness (QED) is 0.659. The predicted octanol–water partition coefficient (Wildman–Crippen LogP) is 4.82. The number of nitrogens with zero attached hydrogens (tertiary/aromatic N) is 1. The Bertz CT molecular complexity index is 1000. The van der Waals surface area contributed by atoms with Crippen molar-refractivity contribution < 1.29 is 18.7 Å². The van der Waals surface area contributed by atoms with E-state index in [1.165, 1.54) is 24.3 Å². The van der Waals surface area contributed by atoms with Crippen LogP contribution in [-0.4, -0.2) is 22.5 Å². The molecule has 0 spiro atoms. The molecule has 0 bridgehead atoms. The zero-order valence-electron chi connectivity index (χ0n) is 15.9. The molecule has 1 heterocycles. The van der Waals surface area contributed by atoms with Gasteiger partial charge in [-0.25, -0.2) is 9.18 Å². The number of rotatable bonds is 4. The maximum Gasteiger partial charge on any atom is 0.408 e. The van der Waals surface area contributed by atoms with Crippen molar-refractivity contribution in [3.63, 3.8) is 0 Å². The Morgan fingerprint density at radius 2 is 1.71 bits per heavy atom. The zero-order chi connectivity index (χ0) is 20.3. The van der Waals surface area contributed by atoms with Gasteiger partial charge in [0, 0.05) is 22.7 Å². The summed E-state index contributed by atoms with van der Waals surface area (Å²) in [7, 11) is 0. The Labute approximate surface area is 162 Å². The average molecular weight is 380 g/mol. The van der Waals surface area contributed by atoms with Crippen LogP contribution >= 0.6 is 0 Å². The fourth-order valence-corrected chi connectivity index (χ4v) is 2.85. The van der Waals surface area contributed by atoms with Crippen molar-refractivity contribution in [1.82, 2.24) is 10.3 Å². The van der Waals surface area contributed by atoms with Crippen molar-refractivity contribution in [3.05, 3.63) is 77.7 Å². The minimum atomic E-state index is -1.03. The number of carbonyl (C=O) groups is 2. The highest BCUT2D eigenvalue weighted by Crippen LogP contribution is 2.26. The lowest BCUT2D eigenvalue weighted by atomic mass is 9.95. The Morgan fingerprint density at radius 3 is 2.39 bits per heavy atom. The van der Waals surface area contributed by atoms with Crippen molar-refractivity contribution in [2.75, 3.05) is 0 Å². The zero-order valence-corrected chi connectivity index (χ0v) is 15.9. The van der Waals surface area contributed by atoms with Gasteiger partial charge in [0.05, 0.1) is 5.52 Å². The number of alkyl carbamates (subject to hydrolysis) is 1. The number of hydrogen-bond donors (Lipinski definition) is 1. The molecule has 0 aliphatic heterocycles. The van der Waals surface area contributed by atoms with Crippen LogP contribution in [0.15, 0.2) is 60.8 Å². The van der Waals surface area contributed by atoms with Crippen molar-refractivity contribution in [2.24, 2.45) is 0 Å². The third-order valence-corrected chi connectivity index (χ3v) is 4.03. The molecule has 144 valence electrons. The van der Waals surface area contributed by atoms with Crippen LogP contribution in [0.2, 0.25) is 0 Å². The summed E-state index contributed by atoms with van der Waals surface area (Å²) in [5, 5.41) is 3.49. The van der Waals surface area contributed by atoms with Gasteiger partial charge in [0.1, 0.15) is 17.5 Å². The fourth-order valence-electron chi connectivity index (χ4n) is 2.85. The van der Waals surface area contributed by atoms with Gasteiger partial charge < -0.3 is 10.1 Å². The summed E-state index contributed by atoms with van der Waals surface area (Å²) in [5.74, 6) is -0.830. The number of pyridine rings is 1. The van der Waals surface area contributed by atoms with Crippen LogP contribution in [0.4, 0.5) is 9.18 Å². The Hall–Kier alpha value is -3.28. The molecule has 0 saturated heterocycles. The number of ether oxygens (including phenoxy) is 1. The maximum absolute atomic E-state index is 13.3. The first-order valence-corrected chi connectivity index (χ1v) is 8.87. The molecule has 5 nitrogen and oxygen atoms in total. The number of carbonyl (C=O) groups excluding carboxylic acids is 2. The number of fused-ring (bicyclic) bond motifs is 1. The molecule has 1 atom stereocenters. The van der Waals surface area contributed by atoms with E-state index in [4.69, 9.17) is 4.74 Å². The molecule has 1 N–H and O–H groups in total. The molecule has 0 radical (unpaired) electrons. The summed E-state index contributed by atoms with van der Waals surface area (Å²) in [6.45, 7) is 5.22. The van der Waals surface area contributed by atoms with E-state index in [0.717, 1.165) is 5.39 Å². The van der Waals surface area contributed by atoms with E-state index in [-0.39, 0.29) is 11.3 Å². The van der Waals surface area contributed by atoms with Gasteiger partial charge in [0.2, 0.25) is 0 Å². The van der Waals surface area contributed by atoms with E-state index in [1.807, 2.05) is 12.1 Å². The van der Waals surface area contributed by atoms with Gasteiger partial charge in [-0.05, 0) is 51.1 Å². The number of halogens is 1. The van der Waals surface area contributed by atoms with E-state index < -0.39 is 23.6 Å². The minimum absolute atomic E-state index is 0.274. The number of para-hydroxylation sites is 1. The number of benzene rings is 2. The molecular formula is C22H21FN2O3. The maximum atomic E-state index is 13.3. The molecule has 1 unspecified atom stereocenters. The molecule has 0 aliphatic rings. The average Bonchev–Trinajstić information content (AvgIpc) is 2.64. The Kier molecular flexibility index (Phi) is 5.40. The molecule has 2 aromatic carbocycles. The summed E-state index contributed by atoms with van der Waals surface area (Å²) in [4.78, 5) is 30.0. The SMILES string of the molecule is CC(C)(C)OC(=O)NC(C(=O)c1ccc(F)cc1)c1cccc2cccnc12. The van der Waals surface area contributed by atoms with E-state index >= 15 is 0 Å². The van der Waals surface area contributed by atoms with E-state index in [0.29, 0.717) is 11.1 Å². The highest BCUT2D eigenvalue weighted by atomic mass is 19.1. The van der Waals surface area contributed by atoms with Crippen LogP contribution in [0, 0.1) is 5.82 Å². The number of aromatic nitrogens is 1. The molecule has 0 aliphatic carbocycles. The second-order valence-corrected chi connectivity index (χ2v) is 7.37. The van der Waals surface area contributed by atoms with Gasteiger partial charge in [-0.1, -0.05) is 24.3 Å². The number of Topliss-reactive ketones (excluding diaryl/α,β-unsaturated/α-hetero) is 1. The van der Waals surface area contributed by atoms with Crippen molar-refractivity contribution in [3.8, 4) is 0 Å². The first-order chi connectivity index (χ1) is 13.2. The fraction of sp³-hybridized carbons (Fsp3) is 0.227. The predicted molar refractivity (Wildman–Crippen MR) is 105 cm³/mol. The van der Waals surface area contributed by atoms with Crippen LogP contribution in [0.1, 0.15) is 42.7 Å². The monoisotopic (exact) mass is 380 g/mol. The van der Waals surface area contributed by atoms with Gasteiger partial charge in [0.15, 0.2) is 5.78 Å². The molecular weight excluding hydrogens is 359 g/mol. The second-order valence-electron chi connectivity index (χ2n) is 7.37. The summed E-state index contributed by atoms with van der Waals surface area (Å²) in [6, 6.07) is 13.2. The largest absolute Gasteiger partial charge is 0.444 e. The molecule has 6 heteroatoms. The van der Waals surface area contributed by atoms with Gasteiger partial charge >= 0.3 is 6.09 Å². The third kappa shape index (κ3) is 4.52. The normalized spacial score (nSPS) is 12.4. The van der Waals surface area contributed by atoms with Crippen LogP contribution in [-0.2, 0) is 4.74 Å². The lowest BCUT2D eigenvalue weighted by Crippen LogP contribution is -2.38. The Morgan fingerprint density at radius 1 is 1.04 bits per heavy atom. The third-order valence-electron chi connectivity index (χ3n) is 4.03. The van der Waals surface area contributed by atoms with E-state index in [2.05, 4.69) is 10.3 Å². The molecule has 3 rings (SSSR count). The molecule has 1 aromatic heterocycles. The van der Waals surface area contributed by atoms with Crippen molar-refractivity contribution in [2.45, 2.75) is 32.4 Å². The summed E-state index contributed by atoms with van der Waals surface area (Å²) in [6.07, 6.45) is 0.902. The van der Waals surface area contributed by atoms with Gasteiger partial charge in [-0.15, -0.1) is 0 Å². The summed E-state index contributed by atoms with van der Waals surface area (Å²) >= 11 is 0. The number of nitrogens with one attached hydrogen (secondary N) is 1. The van der Waals surface area contributed by atoms with E-state index in [1.54, 1.807) is 45.2 Å². The van der Waals surface area contributed by atoms with Crippen molar-refractivity contribution in [1.29, 1.82) is 0 Å². The van der Waals surface area contributed by atoms with Gasteiger partial charge in [0.25, 0.3) is 0 Å².